The second kappa shape index (κ2) is 67.9. The first-order valence-electron chi connectivity index (χ1n) is 35.1. The van der Waals surface area contributed by atoms with Crippen LogP contribution in [0.2, 0.25) is 0 Å². The van der Waals surface area contributed by atoms with Gasteiger partial charge in [-0.1, -0.05) is 326 Å². The Hall–Kier alpha value is -2.63. The Morgan fingerprint density at radius 3 is 0.722 bits per heavy atom. The predicted octanol–water partition coefficient (Wildman–Crippen LogP) is 24.1. The zero-order valence-corrected chi connectivity index (χ0v) is 53.2. The highest BCUT2D eigenvalue weighted by Crippen LogP contribution is 2.18. The first kappa shape index (κ1) is 76.4. The molecule has 0 aliphatic carbocycles. The number of hydrogen-bond donors (Lipinski definition) is 0. The Bertz CT molecular complexity index is 1360. The lowest BCUT2D eigenvalue weighted by Crippen LogP contribution is -2.30. The maximum Gasteiger partial charge on any atom is 0.306 e. The number of unbranched alkanes of at least 4 members (excludes halogenated alkanes) is 46. The van der Waals surface area contributed by atoms with Crippen molar-refractivity contribution in [2.75, 3.05) is 13.2 Å². The summed E-state index contributed by atoms with van der Waals surface area (Å²) >= 11 is 0. The van der Waals surface area contributed by atoms with Crippen molar-refractivity contribution in [3.05, 3.63) is 48.6 Å². The van der Waals surface area contributed by atoms with Gasteiger partial charge in [-0.05, 0) is 83.5 Å². The van der Waals surface area contributed by atoms with Crippen molar-refractivity contribution in [3.63, 3.8) is 0 Å². The predicted molar refractivity (Wildman–Crippen MR) is 344 cm³/mol. The molecule has 0 saturated heterocycles. The van der Waals surface area contributed by atoms with E-state index in [-0.39, 0.29) is 31.1 Å². The minimum absolute atomic E-state index is 0.0734. The van der Waals surface area contributed by atoms with E-state index in [2.05, 4.69) is 69.4 Å². The summed E-state index contributed by atoms with van der Waals surface area (Å²) in [6.07, 6.45) is 85.9. The van der Waals surface area contributed by atoms with Crippen molar-refractivity contribution >= 4 is 17.9 Å². The van der Waals surface area contributed by atoms with Crippen LogP contribution in [-0.4, -0.2) is 37.2 Å². The van der Waals surface area contributed by atoms with Gasteiger partial charge < -0.3 is 14.2 Å². The third-order valence-corrected chi connectivity index (χ3v) is 15.8. The molecule has 0 aromatic heterocycles. The summed E-state index contributed by atoms with van der Waals surface area (Å²) in [7, 11) is 0. The van der Waals surface area contributed by atoms with Crippen LogP contribution in [0.15, 0.2) is 48.6 Å². The van der Waals surface area contributed by atoms with Gasteiger partial charge in [0.25, 0.3) is 0 Å². The molecule has 0 radical (unpaired) electrons. The summed E-state index contributed by atoms with van der Waals surface area (Å²) in [4.78, 5) is 38.2. The van der Waals surface area contributed by atoms with Gasteiger partial charge in [-0.3, -0.25) is 14.4 Å². The van der Waals surface area contributed by atoms with E-state index in [0.717, 1.165) is 89.9 Å². The fourth-order valence-corrected chi connectivity index (χ4v) is 10.5. The molecule has 0 fully saturated rings. The Labute approximate surface area is 492 Å². The van der Waals surface area contributed by atoms with Crippen molar-refractivity contribution in [2.24, 2.45) is 0 Å². The highest BCUT2D eigenvalue weighted by Gasteiger charge is 2.19. The summed E-state index contributed by atoms with van der Waals surface area (Å²) in [6, 6.07) is 0. The van der Waals surface area contributed by atoms with Gasteiger partial charge in [0, 0.05) is 19.3 Å². The molecule has 0 N–H and O–H groups in total. The van der Waals surface area contributed by atoms with Crippen LogP contribution >= 0.6 is 0 Å². The molecule has 0 bridgehead atoms. The van der Waals surface area contributed by atoms with E-state index in [4.69, 9.17) is 14.2 Å². The molecule has 1 unspecified atom stereocenters. The number of rotatable bonds is 65. The molecule has 0 heterocycles. The second-order valence-corrected chi connectivity index (χ2v) is 23.8. The van der Waals surface area contributed by atoms with E-state index >= 15 is 0 Å². The molecule has 6 nitrogen and oxygen atoms in total. The number of ether oxygens (including phenoxy) is 3. The minimum Gasteiger partial charge on any atom is -0.462 e. The topological polar surface area (TPSA) is 78.9 Å². The average Bonchev–Trinajstić information content (AvgIpc) is 3.45. The lowest BCUT2D eigenvalue weighted by atomic mass is 10.0. The maximum absolute atomic E-state index is 12.9. The van der Waals surface area contributed by atoms with Crippen LogP contribution in [0.25, 0.3) is 0 Å². The number of esters is 3. The summed E-state index contributed by atoms with van der Waals surface area (Å²) in [5.74, 6) is -0.865. The van der Waals surface area contributed by atoms with Crippen molar-refractivity contribution < 1.29 is 28.6 Å². The largest absolute Gasteiger partial charge is 0.462 e. The monoisotopic (exact) mass is 1110 g/mol. The van der Waals surface area contributed by atoms with Gasteiger partial charge in [-0.15, -0.1) is 0 Å². The van der Waals surface area contributed by atoms with Crippen molar-refractivity contribution in [2.45, 2.75) is 386 Å². The molecule has 0 amide bonds. The van der Waals surface area contributed by atoms with Gasteiger partial charge in [0.2, 0.25) is 0 Å². The average molecular weight is 1110 g/mol. The van der Waals surface area contributed by atoms with Gasteiger partial charge in [-0.2, -0.15) is 0 Å². The maximum atomic E-state index is 12.9. The first-order chi connectivity index (χ1) is 39.0. The van der Waals surface area contributed by atoms with Gasteiger partial charge in [0.05, 0.1) is 0 Å². The summed E-state index contributed by atoms with van der Waals surface area (Å²) in [5, 5.41) is 0. The standard InChI is InChI=1S/C73H134O6/c1-4-7-10-13-16-19-22-24-26-27-28-29-30-31-32-33-34-35-36-37-38-39-40-41-42-43-44-45-47-48-51-54-57-60-63-66-72(75)78-69-70(68-77-71(74)65-62-59-56-53-50-21-18-15-12-9-6-3)79-73(76)67-64-61-58-55-52-49-46-25-23-20-17-14-11-8-5-2/h17,20,22,24-25,27-28,46,70H,4-16,18-19,21,23,26,29-45,47-69H2,1-3H3/b20-17-,24-22-,28-27-,46-25-. The minimum atomic E-state index is -0.776. The Morgan fingerprint density at radius 1 is 0.253 bits per heavy atom. The smallest absolute Gasteiger partial charge is 0.306 e. The zero-order chi connectivity index (χ0) is 57.1. The van der Waals surface area contributed by atoms with Gasteiger partial charge in [0.15, 0.2) is 6.10 Å². The highest BCUT2D eigenvalue weighted by molar-refractivity contribution is 5.71. The molecule has 0 aromatic rings. The first-order valence-corrected chi connectivity index (χ1v) is 35.1. The van der Waals surface area contributed by atoms with Crippen molar-refractivity contribution in [1.82, 2.24) is 0 Å². The Balaban J connectivity index is 4.02. The normalized spacial score (nSPS) is 12.3. The van der Waals surface area contributed by atoms with E-state index < -0.39 is 6.10 Å². The molecular weight excluding hydrogens is 973 g/mol. The van der Waals surface area contributed by atoms with E-state index in [1.165, 1.54) is 250 Å². The third-order valence-electron chi connectivity index (χ3n) is 15.8. The van der Waals surface area contributed by atoms with Crippen LogP contribution in [0, 0.1) is 0 Å². The Morgan fingerprint density at radius 2 is 0.456 bits per heavy atom. The van der Waals surface area contributed by atoms with Crippen LogP contribution in [0.1, 0.15) is 380 Å². The molecule has 79 heavy (non-hydrogen) atoms. The molecule has 0 aliphatic rings. The molecule has 6 heteroatoms. The van der Waals surface area contributed by atoms with Crippen LogP contribution in [0.3, 0.4) is 0 Å². The van der Waals surface area contributed by atoms with Crippen LogP contribution in [-0.2, 0) is 28.6 Å². The molecule has 0 rings (SSSR count). The SMILES string of the molecule is CCCCC/C=C\C/C=C\CCCCCCCC(=O)OC(COC(=O)CCCCCCCCCCCCC)COC(=O)CCCCCCCCCCCCCCCCCCCCCCCCC/C=C\C/C=C\CCCCCCC. The van der Waals surface area contributed by atoms with Gasteiger partial charge in [-0.25, -0.2) is 0 Å². The second-order valence-electron chi connectivity index (χ2n) is 23.8. The number of carbonyl (C=O) groups is 3. The summed E-state index contributed by atoms with van der Waals surface area (Å²) in [5.41, 5.74) is 0. The van der Waals surface area contributed by atoms with Gasteiger partial charge in [0.1, 0.15) is 13.2 Å². The number of carbonyl (C=O) groups excluding carboxylic acids is 3. The molecular formula is C73H134O6. The van der Waals surface area contributed by atoms with Gasteiger partial charge >= 0.3 is 17.9 Å². The zero-order valence-electron chi connectivity index (χ0n) is 53.2. The van der Waals surface area contributed by atoms with Crippen LogP contribution < -0.4 is 0 Å². The highest BCUT2D eigenvalue weighted by atomic mass is 16.6. The fraction of sp³-hybridized carbons (Fsp3) is 0.849. The lowest BCUT2D eigenvalue weighted by Gasteiger charge is -2.18. The lowest BCUT2D eigenvalue weighted by molar-refractivity contribution is -0.167. The van der Waals surface area contributed by atoms with Crippen molar-refractivity contribution in [3.8, 4) is 0 Å². The quantitative estimate of drug-likeness (QED) is 0.0261. The Kier molecular flexibility index (Phi) is 65.6. The number of allylic oxidation sites excluding steroid dienone is 8. The van der Waals surface area contributed by atoms with E-state index in [0.29, 0.717) is 19.3 Å². The van der Waals surface area contributed by atoms with E-state index in [1.807, 2.05) is 0 Å². The third kappa shape index (κ3) is 66.1. The van der Waals surface area contributed by atoms with Crippen LogP contribution in [0.5, 0.6) is 0 Å². The van der Waals surface area contributed by atoms with E-state index in [1.54, 1.807) is 0 Å². The molecule has 0 spiro atoms. The molecule has 0 saturated carbocycles. The van der Waals surface area contributed by atoms with E-state index in [9.17, 15) is 14.4 Å². The molecule has 0 aromatic carbocycles. The van der Waals surface area contributed by atoms with Crippen molar-refractivity contribution in [1.29, 1.82) is 0 Å². The summed E-state index contributed by atoms with van der Waals surface area (Å²) in [6.45, 7) is 6.64. The summed E-state index contributed by atoms with van der Waals surface area (Å²) < 4.78 is 16.9. The van der Waals surface area contributed by atoms with Crippen LogP contribution in [0.4, 0.5) is 0 Å². The molecule has 462 valence electrons. The fourth-order valence-electron chi connectivity index (χ4n) is 10.5. The molecule has 0 aliphatic heterocycles. The molecule has 1 atom stereocenters. The number of hydrogen-bond acceptors (Lipinski definition) is 6.